The fourth-order valence-corrected chi connectivity index (χ4v) is 3.89. The first kappa shape index (κ1) is 17.5. The van der Waals surface area contributed by atoms with Gasteiger partial charge in [0.05, 0.1) is 11.3 Å². The molecule has 0 aromatic heterocycles. The molecule has 0 aliphatic heterocycles. The highest BCUT2D eigenvalue weighted by Crippen LogP contribution is 2.25. The van der Waals surface area contributed by atoms with Gasteiger partial charge in [-0.15, -0.1) is 0 Å². The molecule has 7 heteroatoms. The lowest BCUT2D eigenvalue weighted by Gasteiger charge is -2.28. The zero-order chi connectivity index (χ0) is 16.4. The molecule has 1 rings (SSSR count). The van der Waals surface area contributed by atoms with E-state index in [1.54, 1.807) is 13.8 Å². The van der Waals surface area contributed by atoms with Crippen LogP contribution in [0, 0.1) is 5.92 Å². The van der Waals surface area contributed by atoms with Crippen molar-refractivity contribution >= 4 is 21.7 Å². The molecule has 0 aliphatic rings. The van der Waals surface area contributed by atoms with E-state index in [1.807, 2.05) is 13.8 Å². The van der Waals surface area contributed by atoms with Crippen LogP contribution in [0.25, 0.3) is 0 Å². The van der Waals surface area contributed by atoms with E-state index in [2.05, 4.69) is 0 Å². The van der Waals surface area contributed by atoms with Crippen LogP contribution in [-0.2, 0) is 10.0 Å². The molecule has 3 N–H and O–H groups in total. The average molecular weight is 314 g/mol. The minimum Gasteiger partial charge on any atom is -0.478 e. The van der Waals surface area contributed by atoms with Crippen LogP contribution in [-0.4, -0.2) is 36.4 Å². The molecule has 0 radical (unpaired) electrons. The smallest absolute Gasteiger partial charge is 0.335 e. The molecular weight excluding hydrogens is 292 g/mol. The maximum Gasteiger partial charge on any atom is 0.335 e. The molecule has 0 saturated heterocycles. The van der Waals surface area contributed by atoms with E-state index in [4.69, 9.17) is 10.8 Å². The summed E-state index contributed by atoms with van der Waals surface area (Å²) in [5, 5.41) is 8.90. The number of hydrogen-bond acceptors (Lipinski definition) is 4. The molecule has 118 valence electrons. The third-order valence-corrected chi connectivity index (χ3v) is 5.08. The van der Waals surface area contributed by atoms with Crippen molar-refractivity contribution in [2.75, 3.05) is 12.3 Å². The summed E-state index contributed by atoms with van der Waals surface area (Å²) in [5.41, 5.74) is 5.66. The van der Waals surface area contributed by atoms with Crippen LogP contribution >= 0.6 is 0 Å². The predicted octanol–water partition coefficient (Wildman–Crippen LogP) is 2.02. The van der Waals surface area contributed by atoms with Gasteiger partial charge in [0, 0.05) is 12.6 Å². The summed E-state index contributed by atoms with van der Waals surface area (Å²) in [5.74, 6) is -0.977. The Kier molecular flexibility index (Phi) is 5.36. The van der Waals surface area contributed by atoms with Crippen molar-refractivity contribution in [2.24, 2.45) is 5.92 Å². The van der Waals surface area contributed by atoms with E-state index >= 15 is 0 Å². The highest BCUT2D eigenvalue weighted by atomic mass is 32.2. The lowest BCUT2D eigenvalue weighted by atomic mass is 10.2. The molecule has 0 bridgehead atoms. The molecule has 1 aromatic carbocycles. The van der Waals surface area contributed by atoms with Gasteiger partial charge in [0.15, 0.2) is 0 Å². The topological polar surface area (TPSA) is 101 Å². The molecule has 0 aliphatic carbocycles. The summed E-state index contributed by atoms with van der Waals surface area (Å²) in [7, 11) is -3.75. The first-order chi connectivity index (χ1) is 9.57. The van der Waals surface area contributed by atoms with Crippen LogP contribution in [0.4, 0.5) is 5.69 Å². The Balaban J connectivity index is 3.31. The maximum absolute atomic E-state index is 12.7. The number of sulfonamides is 1. The monoisotopic (exact) mass is 314 g/mol. The van der Waals surface area contributed by atoms with Gasteiger partial charge in [-0.05, 0) is 38.0 Å². The van der Waals surface area contributed by atoms with Crippen molar-refractivity contribution in [2.45, 2.75) is 38.6 Å². The molecular formula is C14H22N2O4S. The van der Waals surface area contributed by atoms with Crippen molar-refractivity contribution in [3.63, 3.8) is 0 Å². The zero-order valence-electron chi connectivity index (χ0n) is 12.7. The molecule has 1 aromatic rings. The summed E-state index contributed by atoms with van der Waals surface area (Å²) >= 11 is 0. The number of nitrogens with two attached hydrogens (primary N) is 1. The second-order valence-electron chi connectivity index (χ2n) is 5.62. The van der Waals surface area contributed by atoms with Gasteiger partial charge in [0.1, 0.15) is 4.90 Å². The van der Waals surface area contributed by atoms with Crippen molar-refractivity contribution in [3.8, 4) is 0 Å². The molecule has 0 unspecified atom stereocenters. The minimum atomic E-state index is -3.75. The quantitative estimate of drug-likeness (QED) is 0.782. The summed E-state index contributed by atoms with van der Waals surface area (Å²) in [6.07, 6.45) is 0. The van der Waals surface area contributed by atoms with Gasteiger partial charge in [0.25, 0.3) is 0 Å². The van der Waals surface area contributed by atoms with Gasteiger partial charge >= 0.3 is 5.97 Å². The Morgan fingerprint density at radius 3 is 2.24 bits per heavy atom. The van der Waals surface area contributed by atoms with Crippen LogP contribution in [0.1, 0.15) is 38.1 Å². The van der Waals surface area contributed by atoms with E-state index in [0.717, 1.165) is 0 Å². The second-order valence-corrected chi connectivity index (χ2v) is 7.48. The number of nitrogens with zero attached hydrogens (tertiary/aromatic N) is 1. The number of hydrogen-bond donors (Lipinski definition) is 2. The number of carboxylic acid groups (broad SMARTS) is 1. The zero-order valence-corrected chi connectivity index (χ0v) is 13.5. The van der Waals surface area contributed by atoms with Crippen LogP contribution in [0.5, 0.6) is 0 Å². The van der Waals surface area contributed by atoms with Gasteiger partial charge in [-0.2, -0.15) is 4.31 Å². The second kappa shape index (κ2) is 6.44. The van der Waals surface area contributed by atoms with E-state index in [-0.39, 0.29) is 28.1 Å². The molecule has 6 nitrogen and oxygen atoms in total. The Morgan fingerprint density at radius 2 is 1.86 bits per heavy atom. The number of carbonyl (C=O) groups is 1. The molecule has 0 heterocycles. The highest BCUT2D eigenvalue weighted by Gasteiger charge is 2.29. The number of anilines is 1. The van der Waals surface area contributed by atoms with Crippen LogP contribution in [0.3, 0.4) is 0 Å². The van der Waals surface area contributed by atoms with Gasteiger partial charge < -0.3 is 10.8 Å². The fourth-order valence-electron chi connectivity index (χ4n) is 1.99. The molecule has 0 saturated carbocycles. The van der Waals surface area contributed by atoms with E-state index in [1.165, 1.54) is 22.5 Å². The SMILES string of the molecule is CC(C)CN(C(C)C)S(=O)(=O)c1ccc(C(=O)O)cc1N. The highest BCUT2D eigenvalue weighted by molar-refractivity contribution is 7.89. The van der Waals surface area contributed by atoms with Crippen LogP contribution in [0.2, 0.25) is 0 Å². The van der Waals surface area contributed by atoms with Gasteiger partial charge in [-0.3, -0.25) is 0 Å². The van der Waals surface area contributed by atoms with E-state index < -0.39 is 16.0 Å². The van der Waals surface area contributed by atoms with Gasteiger partial charge in [0.2, 0.25) is 10.0 Å². The summed E-state index contributed by atoms with van der Waals surface area (Å²) in [6, 6.07) is 3.46. The third-order valence-electron chi connectivity index (χ3n) is 2.96. The van der Waals surface area contributed by atoms with Gasteiger partial charge in [-0.1, -0.05) is 13.8 Å². The molecule has 0 spiro atoms. The van der Waals surface area contributed by atoms with Crippen molar-refractivity contribution < 1.29 is 18.3 Å². The third kappa shape index (κ3) is 3.95. The summed E-state index contributed by atoms with van der Waals surface area (Å²) in [4.78, 5) is 10.8. The summed E-state index contributed by atoms with van der Waals surface area (Å²) < 4.78 is 26.8. The fraction of sp³-hybridized carbons (Fsp3) is 0.500. The number of nitrogen functional groups attached to an aromatic ring is 1. The molecule has 21 heavy (non-hydrogen) atoms. The molecule has 0 fully saturated rings. The van der Waals surface area contributed by atoms with E-state index in [9.17, 15) is 13.2 Å². The van der Waals surface area contributed by atoms with Crippen molar-refractivity contribution in [3.05, 3.63) is 23.8 Å². The van der Waals surface area contributed by atoms with E-state index in [0.29, 0.717) is 6.54 Å². The van der Waals surface area contributed by atoms with Crippen LogP contribution < -0.4 is 5.73 Å². The lowest BCUT2D eigenvalue weighted by molar-refractivity contribution is 0.0697. The molecule has 0 atom stereocenters. The van der Waals surface area contributed by atoms with Crippen LogP contribution in [0.15, 0.2) is 23.1 Å². The minimum absolute atomic E-state index is 0.0357. The lowest BCUT2D eigenvalue weighted by Crippen LogP contribution is -2.39. The Hall–Kier alpha value is -1.60. The first-order valence-corrected chi connectivity index (χ1v) is 8.16. The number of carboxylic acids is 1. The Labute approximate surface area is 125 Å². The normalized spacial score (nSPS) is 12.3. The summed E-state index contributed by atoms with van der Waals surface area (Å²) in [6.45, 7) is 7.83. The Morgan fingerprint density at radius 1 is 1.29 bits per heavy atom. The number of benzene rings is 1. The van der Waals surface area contributed by atoms with Gasteiger partial charge in [-0.25, -0.2) is 13.2 Å². The number of aromatic carboxylic acids is 1. The number of rotatable bonds is 6. The molecule has 0 amide bonds. The van der Waals surface area contributed by atoms with Crippen molar-refractivity contribution in [1.29, 1.82) is 0 Å². The first-order valence-electron chi connectivity index (χ1n) is 6.72. The maximum atomic E-state index is 12.7. The Bertz CT molecular complexity index is 624. The van der Waals surface area contributed by atoms with Crippen molar-refractivity contribution in [1.82, 2.24) is 4.31 Å². The average Bonchev–Trinajstić information content (AvgIpc) is 2.34. The standard InChI is InChI=1S/C14H22N2O4S/c1-9(2)8-16(10(3)4)21(19,20)13-6-5-11(14(17)18)7-12(13)15/h5-7,9-10H,8,15H2,1-4H3,(H,17,18). The predicted molar refractivity (Wildman–Crippen MR) is 81.7 cm³/mol. The largest absolute Gasteiger partial charge is 0.478 e.